The topological polar surface area (TPSA) is 62.1 Å². The van der Waals surface area contributed by atoms with Gasteiger partial charge >= 0.3 is 0 Å². The van der Waals surface area contributed by atoms with E-state index >= 15 is 0 Å². The fourth-order valence-corrected chi connectivity index (χ4v) is 3.66. The maximum absolute atomic E-state index is 14.2. The summed E-state index contributed by atoms with van der Waals surface area (Å²) < 4.78 is 14.2. The molecule has 2 atom stereocenters. The first-order valence-corrected chi connectivity index (χ1v) is 8.91. The van der Waals surface area contributed by atoms with Crippen LogP contribution in [-0.4, -0.2) is 39.5 Å². The molecule has 0 unspecified atom stereocenters. The first-order chi connectivity index (χ1) is 12.6. The lowest BCUT2D eigenvalue weighted by Crippen LogP contribution is -2.41. The molecule has 2 aromatic heterocycles. The van der Waals surface area contributed by atoms with Gasteiger partial charge in [-0.05, 0) is 48.6 Å². The molecule has 5 nitrogen and oxygen atoms in total. The van der Waals surface area contributed by atoms with Crippen molar-refractivity contribution in [3.05, 3.63) is 42.7 Å². The van der Waals surface area contributed by atoms with E-state index in [1.54, 1.807) is 18.5 Å². The molecule has 3 aromatic rings. The van der Waals surface area contributed by atoms with Crippen LogP contribution < -0.4 is 4.90 Å². The van der Waals surface area contributed by atoms with Crippen LogP contribution in [0.2, 0.25) is 0 Å². The highest BCUT2D eigenvalue weighted by Crippen LogP contribution is 2.33. The number of halogens is 1. The molecule has 1 N–H and O–H groups in total. The van der Waals surface area contributed by atoms with Crippen LogP contribution in [0.15, 0.2) is 42.7 Å². The number of phenolic OH excluding ortho intramolecular Hbond substituents is 1. The monoisotopic (exact) mass is 352 g/mol. The van der Waals surface area contributed by atoms with Crippen LogP contribution in [0.25, 0.3) is 22.0 Å². The van der Waals surface area contributed by atoms with Gasteiger partial charge in [0.15, 0.2) is 5.82 Å². The Kier molecular flexibility index (Phi) is 4.41. The summed E-state index contributed by atoms with van der Waals surface area (Å²) in [7, 11) is 1.87. The number of rotatable bonds is 3. The second-order valence-electron chi connectivity index (χ2n) is 6.85. The molecule has 1 fully saturated rings. The van der Waals surface area contributed by atoms with Gasteiger partial charge in [0.1, 0.15) is 11.9 Å². The average Bonchev–Trinajstić information content (AvgIpc) is 2.67. The minimum atomic E-state index is -0.827. The van der Waals surface area contributed by atoms with Gasteiger partial charge in [0.2, 0.25) is 0 Å². The Labute approximate surface area is 151 Å². The molecule has 0 spiro atoms. The van der Waals surface area contributed by atoms with E-state index in [0.29, 0.717) is 23.5 Å². The molecule has 26 heavy (non-hydrogen) atoms. The lowest BCUT2D eigenvalue weighted by Gasteiger charge is -2.34. The summed E-state index contributed by atoms with van der Waals surface area (Å²) in [5, 5.41) is 20.7. The molecule has 0 amide bonds. The summed E-state index contributed by atoms with van der Waals surface area (Å²) in [5.74, 6) is 0.792. The van der Waals surface area contributed by atoms with Crippen LogP contribution in [0.1, 0.15) is 25.7 Å². The number of nitrogens with zero attached hydrogens (tertiary/aromatic N) is 4. The number of alkyl halides is 1. The van der Waals surface area contributed by atoms with Crippen LogP contribution in [0.3, 0.4) is 0 Å². The van der Waals surface area contributed by atoms with Gasteiger partial charge in [0, 0.05) is 30.4 Å². The quantitative estimate of drug-likeness (QED) is 0.768. The Balaban J connectivity index is 1.62. The average molecular weight is 352 g/mol. The molecule has 1 aliphatic rings. The predicted octanol–water partition coefficient (Wildman–Crippen LogP) is 4.11. The van der Waals surface area contributed by atoms with Gasteiger partial charge in [-0.1, -0.05) is 12.8 Å². The van der Waals surface area contributed by atoms with Gasteiger partial charge < -0.3 is 10.0 Å². The molecule has 0 radical (unpaired) electrons. The predicted molar refractivity (Wildman–Crippen MR) is 100.0 cm³/mol. The van der Waals surface area contributed by atoms with E-state index in [4.69, 9.17) is 0 Å². The smallest absolute Gasteiger partial charge is 0.151 e. The van der Waals surface area contributed by atoms with Crippen LogP contribution in [0, 0.1) is 0 Å². The molecule has 1 aliphatic carbocycles. The highest BCUT2D eigenvalue weighted by atomic mass is 19.1. The van der Waals surface area contributed by atoms with Crippen molar-refractivity contribution in [2.75, 3.05) is 11.9 Å². The normalized spacial score (nSPS) is 20.2. The van der Waals surface area contributed by atoms with Crippen LogP contribution in [0.5, 0.6) is 5.75 Å². The van der Waals surface area contributed by atoms with Crippen LogP contribution >= 0.6 is 0 Å². The van der Waals surface area contributed by atoms with E-state index < -0.39 is 6.17 Å². The van der Waals surface area contributed by atoms with E-state index in [9.17, 15) is 9.50 Å². The van der Waals surface area contributed by atoms with Crippen molar-refractivity contribution < 1.29 is 9.50 Å². The molecule has 4 rings (SSSR count). The number of aromatic hydroxyl groups is 1. The third kappa shape index (κ3) is 3.07. The fourth-order valence-electron chi connectivity index (χ4n) is 3.66. The Morgan fingerprint density at radius 2 is 1.92 bits per heavy atom. The molecular formula is C20H21FN4O. The maximum Gasteiger partial charge on any atom is 0.151 e. The number of aromatic nitrogens is 3. The van der Waals surface area contributed by atoms with E-state index in [2.05, 4.69) is 15.2 Å². The highest BCUT2D eigenvalue weighted by Gasteiger charge is 2.29. The minimum absolute atomic E-state index is 0.148. The van der Waals surface area contributed by atoms with E-state index in [-0.39, 0.29) is 11.8 Å². The van der Waals surface area contributed by atoms with Crippen molar-refractivity contribution in [3.8, 4) is 17.0 Å². The summed E-state index contributed by atoms with van der Waals surface area (Å²) in [6.07, 6.45) is 6.05. The van der Waals surface area contributed by atoms with Crippen LogP contribution in [-0.2, 0) is 0 Å². The summed E-state index contributed by atoms with van der Waals surface area (Å²) in [6, 6.07) is 8.89. The van der Waals surface area contributed by atoms with E-state index in [1.165, 1.54) is 0 Å². The summed E-state index contributed by atoms with van der Waals surface area (Å²) in [6.45, 7) is 0. The SMILES string of the molecule is CN(c1ccc(-c2cc3cnccc3cc2O)nn1)[C@H]1CCCC[C@H]1F. The molecular weight excluding hydrogens is 331 g/mol. The molecule has 0 bridgehead atoms. The number of anilines is 1. The van der Waals surface area contributed by atoms with Gasteiger partial charge in [-0.25, -0.2) is 4.39 Å². The Hall–Kier alpha value is -2.76. The number of hydrogen-bond donors (Lipinski definition) is 1. The van der Waals surface area contributed by atoms with Crippen LogP contribution in [0.4, 0.5) is 10.2 Å². The minimum Gasteiger partial charge on any atom is -0.507 e. The zero-order valence-corrected chi connectivity index (χ0v) is 14.6. The third-order valence-electron chi connectivity index (χ3n) is 5.19. The number of hydrogen-bond acceptors (Lipinski definition) is 5. The first-order valence-electron chi connectivity index (χ1n) is 8.91. The zero-order valence-electron chi connectivity index (χ0n) is 14.6. The Bertz CT molecular complexity index is 915. The lowest BCUT2D eigenvalue weighted by molar-refractivity contribution is 0.213. The summed E-state index contributed by atoms with van der Waals surface area (Å²) in [4.78, 5) is 5.99. The fraction of sp³-hybridized carbons (Fsp3) is 0.350. The Morgan fingerprint density at radius 1 is 1.08 bits per heavy atom. The van der Waals surface area contributed by atoms with Crippen molar-refractivity contribution in [1.82, 2.24) is 15.2 Å². The molecule has 1 saturated carbocycles. The lowest BCUT2D eigenvalue weighted by atomic mass is 9.92. The number of phenols is 1. The van der Waals surface area contributed by atoms with Gasteiger partial charge in [-0.15, -0.1) is 10.2 Å². The van der Waals surface area contributed by atoms with Crippen molar-refractivity contribution in [2.45, 2.75) is 37.9 Å². The second kappa shape index (κ2) is 6.86. The Morgan fingerprint density at radius 3 is 2.69 bits per heavy atom. The number of pyridine rings is 1. The molecule has 0 aliphatic heterocycles. The van der Waals surface area contributed by atoms with E-state index in [1.807, 2.05) is 36.2 Å². The zero-order chi connectivity index (χ0) is 18.1. The van der Waals surface area contributed by atoms with Crippen molar-refractivity contribution in [2.24, 2.45) is 0 Å². The highest BCUT2D eigenvalue weighted by molar-refractivity contribution is 5.89. The largest absolute Gasteiger partial charge is 0.507 e. The molecule has 1 aromatic carbocycles. The molecule has 2 heterocycles. The van der Waals surface area contributed by atoms with Gasteiger partial charge in [0.05, 0.1) is 11.7 Å². The van der Waals surface area contributed by atoms with Crippen molar-refractivity contribution in [3.63, 3.8) is 0 Å². The van der Waals surface area contributed by atoms with Gasteiger partial charge in [-0.3, -0.25) is 4.98 Å². The standard InChI is InChI=1S/C20H21FN4O/c1-25(18-5-3-2-4-16(18)21)20-7-6-17(23-24-20)15-10-14-12-22-9-8-13(14)11-19(15)26/h6-12,16,18,26H,2-5H2,1H3/t16-,18+/m1/s1. The third-order valence-corrected chi connectivity index (χ3v) is 5.19. The first kappa shape index (κ1) is 16.7. The van der Waals surface area contributed by atoms with Crippen molar-refractivity contribution >= 4 is 16.6 Å². The van der Waals surface area contributed by atoms with Crippen molar-refractivity contribution in [1.29, 1.82) is 0 Å². The van der Waals surface area contributed by atoms with E-state index in [0.717, 1.165) is 30.0 Å². The second-order valence-corrected chi connectivity index (χ2v) is 6.85. The molecule has 0 saturated heterocycles. The number of fused-ring (bicyclic) bond motifs is 1. The number of benzene rings is 1. The molecule has 134 valence electrons. The molecule has 6 heteroatoms. The van der Waals surface area contributed by atoms with Gasteiger partial charge in [-0.2, -0.15) is 0 Å². The maximum atomic E-state index is 14.2. The summed E-state index contributed by atoms with van der Waals surface area (Å²) in [5.41, 5.74) is 1.18. The summed E-state index contributed by atoms with van der Waals surface area (Å²) >= 11 is 0. The van der Waals surface area contributed by atoms with Gasteiger partial charge in [0.25, 0.3) is 0 Å².